The van der Waals surface area contributed by atoms with Crippen molar-refractivity contribution in [2.45, 2.75) is 32.2 Å². The van der Waals surface area contributed by atoms with Gasteiger partial charge in [0, 0.05) is 31.6 Å². The minimum Gasteiger partial charge on any atom is -0.311 e. The first-order valence-corrected chi connectivity index (χ1v) is 7.81. The second kappa shape index (κ2) is 5.18. The molecule has 5 nitrogen and oxygen atoms in total. The van der Waals surface area contributed by atoms with E-state index in [2.05, 4.69) is 19.6 Å². The monoisotopic (exact) mass is 309 g/mol. The van der Waals surface area contributed by atoms with Gasteiger partial charge in [-0.05, 0) is 13.8 Å². The van der Waals surface area contributed by atoms with Gasteiger partial charge in [0.05, 0.1) is 16.1 Å². The van der Waals surface area contributed by atoms with Gasteiger partial charge in [0.1, 0.15) is 11.3 Å². The average molecular weight is 310 g/mol. The number of aryl methyl sites for hydroxylation is 4. The molecule has 1 unspecified atom stereocenters. The molecule has 0 fully saturated rings. The predicted molar refractivity (Wildman–Crippen MR) is 81.3 cm³/mol. The molecule has 0 saturated carbocycles. The highest BCUT2D eigenvalue weighted by Crippen LogP contribution is 2.26. The predicted octanol–water partition coefficient (Wildman–Crippen LogP) is 3.08. The Balaban J connectivity index is 2.04. The quantitative estimate of drug-likeness (QED) is 0.696. The fraction of sp³-hybridized carbons (Fsp3) is 0.462. The number of thiazole rings is 1. The maximum Gasteiger partial charge on any atom is 0.158 e. The van der Waals surface area contributed by atoms with Gasteiger partial charge in [-0.15, -0.1) is 22.9 Å². The summed E-state index contributed by atoms with van der Waals surface area (Å²) in [5, 5.41) is 7.43. The largest absolute Gasteiger partial charge is 0.311 e. The molecule has 3 heterocycles. The summed E-state index contributed by atoms with van der Waals surface area (Å²) in [4.78, 5) is 8.99. The first-order valence-electron chi connectivity index (χ1n) is 6.50. The maximum absolute atomic E-state index is 6.28. The van der Waals surface area contributed by atoms with Crippen LogP contribution in [0.15, 0.2) is 11.6 Å². The third-order valence-corrected chi connectivity index (χ3v) is 4.34. The van der Waals surface area contributed by atoms with E-state index < -0.39 is 0 Å². The molecule has 1 atom stereocenters. The van der Waals surface area contributed by atoms with Gasteiger partial charge in [-0.3, -0.25) is 4.68 Å². The Morgan fingerprint density at radius 1 is 1.45 bits per heavy atom. The topological polar surface area (TPSA) is 48.5 Å². The van der Waals surface area contributed by atoms with Crippen molar-refractivity contribution in [2.24, 2.45) is 7.05 Å². The van der Waals surface area contributed by atoms with Crippen molar-refractivity contribution in [1.82, 2.24) is 24.3 Å². The molecule has 0 amide bonds. The Kier molecular flexibility index (Phi) is 3.52. The van der Waals surface area contributed by atoms with Crippen LogP contribution >= 0.6 is 22.9 Å². The van der Waals surface area contributed by atoms with Crippen LogP contribution in [-0.2, 0) is 20.0 Å². The Morgan fingerprint density at radius 2 is 2.25 bits per heavy atom. The van der Waals surface area contributed by atoms with Gasteiger partial charge >= 0.3 is 0 Å². The molecular formula is C13H16ClN5S. The summed E-state index contributed by atoms with van der Waals surface area (Å²) in [5.74, 6) is 0.898. The molecule has 7 heteroatoms. The minimum absolute atomic E-state index is 0.127. The van der Waals surface area contributed by atoms with Crippen molar-refractivity contribution in [3.05, 3.63) is 28.1 Å². The molecule has 3 rings (SSSR count). The minimum atomic E-state index is -0.127. The molecule has 0 bridgehead atoms. The molecule has 3 aromatic rings. The maximum atomic E-state index is 6.28. The summed E-state index contributed by atoms with van der Waals surface area (Å²) in [5.41, 5.74) is 2.91. The van der Waals surface area contributed by atoms with Gasteiger partial charge in [-0.2, -0.15) is 5.10 Å². The van der Waals surface area contributed by atoms with Gasteiger partial charge in [0.2, 0.25) is 0 Å². The second-order valence-electron chi connectivity index (χ2n) is 4.79. The van der Waals surface area contributed by atoms with Crippen molar-refractivity contribution < 1.29 is 0 Å². The zero-order valence-electron chi connectivity index (χ0n) is 11.7. The van der Waals surface area contributed by atoms with Crippen molar-refractivity contribution in [2.75, 3.05) is 0 Å². The molecule has 0 aliphatic rings. The standard InChI is InChI=1S/C13H16ClN5S/c1-8(14)12-16-11-9(2)17-18(3)13(11)19(12)6-4-10-15-5-7-20-10/h5,7-8H,4,6H2,1-3H3. The Hall–Kier alpha value is -1.40. The van der Waals surface area contributed by atoms with Crippen molar-refractivity contribution in [1.29, 1.82) is 0 Å². The number of rotatable bonds is 4. The van der Waals surface area contributed by atoms with E-state index in [1.165, 1.54) is 0 Å². The number of nitrogens with zero attached hydrogens (tertiary/aromatic N) is 5. The molecule has 0 radical (unpaired) electrons. The third kappa shape index (κ3) is 2.23. The van der Waals surface area contributed by atoms with Gasteiger partial charge in [-0.1, -0.05) is 0 Å². The van der Waals surface area contributed by atoms with E-state index in [0.29, 0.717) is 0 Å². The van der Waals surface area contributed by atoms with E-state index in [1.54, 1.807) is 11.3 Å². The smallest absolute Gasteiger partial charge is 0.158 e. The Morgan fingerprint density at radius 3 is 2.90 bits per heavy atom. The van der Waals surface area contributed by atoms with Crippen LogP contribution in [0, 0.1) is 6.92 Å². The summed E-state index contributed by atoms with van der Waals surface area (Å²) in [6.45, 7) is 4.74. The highest BCUT2D eigenvalue weighted by molar-refractivity contribution is 7.09. The van der Waals surface area contributed by atoms with E-state index in [0.717, 1.165) is 40.7 Å². The molecule has 0 aromatic carbocycles. The summed E-state index contributed by atoms with van der Waals surface area (Å²) in [6.07, 6.45) is 2.72. The van der Waals surface area contributed by atoms with Crippen LogP contribution in [0.4, 0.5) is 0 Å². The van der Waals surface area contributed by atoms with Crippen molar-refractivity contribution in [3.63, 3.8) is 0 Å². The highest BCUT2D eigenvalue weighted by atomic mass is 35.5. The second-order valence-corrected chi connectivity index (χ2v) is 6.43. The van der Waals surface area contributed by atoms with Crippen LogP contribution in [0.1, 0.15) is 28.8 Å². The van der Waals surface area contributed by atoms with E-state index >= 15 is 0 Å². The number of halogens is 1. The zero-order chi connectivity index (χ0) is 14.3. The van der Waals surface area contributed by atoms with E-state index in [1.807, 2.05) is 37.2 Å². The molecule has 0 saturated heterocycles. The van der Waals surface area contributed by atoms with Crippen molar-refractivity contribution >= 4 is 34.1 Å². The number of alkyl halides is 1. The fourth-order valence-electron chi connectivity index (χ4n) is 2.46. The molecule has 0 aliphatic heterocycles. The molecule has 0 N–H and O–H groups in total. The third-order valence-electron chi connectivity index (χ3n) is 3.31. The normalized spacial score (nSPS) is 13.2. The average Bonchev–Trinajstić information content (AvgIpc) is 3.07. The van der Waals surface area contributed by atoms with Crippen LogP contribution < -0.4 is 0 Å². The molecule has 0 aliphatic carbocycles. The summed E-state index contributed by atoms with van der Waals surface area (Å²) >= 11 is 7.95. The number of aromatic nitrogens is 5. The number of hydrogen-bond donors (Lipinski definition) is 0. The van der Waals surface area contributed by atoms with Crippen LogP contribution in [0.25, 0.3) is 11.2 Å². The fourth-order valence-corrected chi connectivity index (χ4v) is 3.24. The molecule has 20 heavy (non-hydrogen) atoms. The summed E-state index contributed by atoms with van der Waals surface area (Å²) < 4.78 is 4.04. The Labute approximate surface area is 126 Å². The van der Waals surface area contributed by atoms with Gasteiger partial charge in [-0.25, -0.2) is 9.97 Å². The van der Waals surface area contributed by atoms with Crippen LogP contribution in [-0.4, -0.2) is 24.3 Å². The lowest BCUT2D eigenvalue weighted by atomic mass is 10.4. The molecule has 106 valence electrons. The zero-order valence-corrected chi connectivity index (χ0v) is 13.2. The summed E-state index contributed by atoms with van der Waals surface area (Å²) in [7, 11) is 1.94. The number of imidazole rings is 1. The SMILES string of the molecule is Cc1nn(C)c2c1nc(C(C)Cl)n2CCc1nccs1. The first kappa shape index (κ1) is 13.6. The van der Waals surface area contributed by atoms with Crippen LogP contribution in [0.3, 0.4) is 0 Å². The number of hydrogen-bond acceptors (Lipinski definition) is 4. The van der Waals surface area contributed by atoms with Gasteiger partial charge < -0.3 is 4.57 Å². The van der Waals surface area contributed by atoms with Crippen molar-refractivity contribution in [3.8, 4) is 0 Å². The lowest BCUT2D eigenvalue weighted by molar-refractivity contribution is 0.635. The van der Waals surface area contributed by atoms with Gasteiger partial charge in [0.25, 0.3) is 0 Å². The van der Waals surface area contributed by atoms with Crippen LogP contribution in [0.5, 0.6) is 0 Å². The van der Waals surface area contributed by atoms with Crippen LogP contribution in [0.2, 0.25) is 0 Å². The van der Waals surface area contributed by atoms with E-state index in [-0.39, 0.29) is 5.38 Å². The first-order chi connectivity index (χ1) is 9.58. The van der Waals surface area contributed by atoms with E-state index in [9.17, 15) is 0 Å². The molecule has 0 spiro atoms. The lowest BCUT2D eigenvalue weighted by Crippen LogP contribution is -2.09. The van der Waals surface area contributed by atoms with E-state index in [4.69, 9.17) is 11.6 Å². The lowest BCUT2D eigenvalue weighted by Gasteiger charge is -2.10. The molecule has 3 aromatic heterocycles. The summed E-state index contributed by atoms with van der Waals surface area (Å²) in [6, 6.07) is 0. The number of fused-ring (bicyclic) bond motifs is 1. The Bertz CT molecular complexity index is 726. The molecular weight excluding hydrogens is 294 g/mol. The van der Waals surface area contributed by atoms with Gasteiger partial charge in [0.15, 0.2) is 5.65 Å². The highest BCUT2D eigenvalue weighted by Gasteiger charge is 2.20.